The van der Waals surface area contributed by atoms with Gasteiger partial charge in [-0.15, -0.1) is 0 Å². The fourth-order valence-corrected chi connectivity index (χ4v) is 3.26. The Kier molecular flexibility index (Phi) is 12.8. The van der Waals surface area contributed by atoms with E-state index < -0.39 is 12.1 Å². The summed E-state index contributed by atoms with van der Waals surface area (Å²) in [6.07, 6.45) is 22.0. The minimum absolute atomic E-state index is 0.0441. The Labute approximate surface area is 148 Å². The highest BCUT2D eigenvalue weighted by Gasteiger charge is 2.31. The van der Waals surface area contributed by atoms with Crippen LogP contribution in [0.15, 0.2) is 12.2 Å². The van der Waals surface area contributed by atoms with Gasteiger partial charge in [0.25, 0.3) is 0 Å². The average Bonchev–Trinajstić information content (AvgIpc) is 2.89. The van der Waals surface area contributed by atoms with Gasteiger partial charge in [0.05, 0.1) is 0 Å². The van der Waals surface area contributed by atoms with E-state index in [9.17, 15) is 9.90 Å². The van der Waals surface area contributed by atoms with E-state index in [1.165, 1.54) is 77.0 Å². The largest absolute Gasteiger partial charge is 0.460 e. The second kappa shape index (κ2) is 14.5. The van der Waals surface area contributed by atoms with Gasteiger partial charge in [-0.3, -0.25) is 0 Å². The summed E-state index contributed by atoms with van der Waals surface area (Å²) in [5.41, 5.74) is 0. The summed E-state index contributed by atoms with van der Waals surface area (Å²) in [6, 6.07) is 0. The molecule has 0 aromatic rings. The standard InChI is InChI=1S/C21H38O3/c1-2-3-4-5-6-7-8-9-10-11-12-13-14-15-16-17-19-18-20(22)21(23)24-19/h9-10,19-20,22H,2-8,11-18H2,1H3/b10-9+/t19-,20-/m1/s1. The molecule has 0 radical (unpaired) electrons. The molecule has 0 saturated carbocycles. The maximum absolute atomic E-state index is 11.1. The number of aliphatic hydroxyl groups is 1. The number of unbranched alkanes of at least 4 members (excludes halogenated alkanes) is 11. The molecule has 0 amide bonds. The number of carbonyl (C=O) groups is 1. The first-order chi connectivity index (χ1) is 11.7. The smallest absolute Gasteiger partial charge is 0.335 e. The molecule has 1 aliphatic rings. The molecule has 0 bridgehead atoms. The van der Waals surface area contributed by atoms with Gasteiger partial charge in [0.15, 0.2) is 6.10 Å². The predicted molar refractivity (Wildman–Crippen MR) is 100.0 cm³/mol. The lowest BCUT2D eigenvalue weighted by molar-refractivity contribution is -0.147. The molecule has 2 atom stereocenters. The molecule has 1 rings (SSSR count). The van der Waals surface area contributed by atoms with E-state index in [1.807, 2.05) is 0 Å². The Morgan fingerprint density at radius 2 is 1.46 bits per heavy atom. The quantitative estimate of drug-likeness (QED) is 0.237. The van der Waals surface area contributed by atoms with E-state index in [4.69, 9.17) is 4.74 Å². The van der Waals surface area contributed by atoms with Crippen molar-refractivity contribution in [1.82, 2.24) is 0 Å². The molecule has 0 aromatic heterocycles. The van der Waals surface area contributed by atoms with E-state index in [-0.39, 0.29) is 6.10 Å². The van der Waals surface area contributed by atoms with Gasteiger partial charge in [-0.05, 0) is 38.5 Å². The van der Waals surface area contributed by atoms with Gasteiger partial charge in [0.1, 0.15) is 6.10 Å². The lowest BCUT2D eigenvalue weighted by atomic mass is 10.0. The van der Waals surface area contributed by atoms with Crippen LogP contribution in [0.3, 0.4) is 0 Å². The molecule has 0 spiro atoms. The van der Waals surface area contributed by atoms with Crippen molar-refractivity contribution >= 4 is 5.97 Å². The number of cyclic esters (lactones) is 1. The predicted octanol–water partition coefficient (Wildman–Crippen LogP) is 5.70. The summed E-state index contributed by atoms with van der Waals surface area (Å²) in [4.78, 5) is 11.1. The van der Waals surface area contributed by atoms with E-state index in [1.54, 1.807) is 0 Å². The van der Waals surface area contributed by atoms with Crippen molar-refractivity contribution in [3.05, 3.63) is 12.2 Å². The number of aliphatic hydroxyl groups excluding tert-OH is 1. The van der Waals surface area contributed by atoms with Gasteiger partial charge < -0.3 is 9.84 Å². The molecule has 0 aliphatic carbocycles. The van der Waals surface area contributed by atoms with Crippen molar-refractivity contribution in [2.75, 3.05) is 0 Å². The van der Waals surface area contributed by atoms with Crippen LogP contribution in [0.25, 0.3) is 0 Å². The second-order valence-electron chi connectivity index (χ2n) is 7.18. The molecule has 24 heavy (non-hydrogen) atoms. The molecular formula is C21H38O3. The molecule has 3 nitrogen and oxygen atoms in total. The molecule has 3 heteroatoms. The lowest BCUT2D eigenvalue weighted by Gasteiger charge is -2.07. The number of allylic oxidation sites excluding steroid dienone is 2. The molecule has 0 unspecified atom stereocenters. The highest BCUT2D eigenvalue weighted by Crippen LogP contribution is 2.20. The van der Waals surface area contributed by atoms with Crippen molar-refractivity contribution in [1.29, 1.82) is 0 Å². The minimum Gasteiger partial charge on any atom is -0.460 e. The van der Waals surface area contributed by atoms with Gasteiger partial charge in [0.2, 0.25) is 0 Å². The van der Waals surface area contributed by atoms with Crippen LogP contribution in [0.4, 0.5) is 0 Å². The van der Waals surface area contributed by atoms with Crippen LogP contribution >= 0.6 is 0 Å². The summed E-state index contributed by atoms with van der Waals surface area (Å²) in [7, 11) is 0. The van der Waals surface area contributed by atoms with Crippen molar-refractivity contribution in [3.8, 4) is 0 Å². The van der Waals surface area contributed by atoms with Crippen LogP contribution in [0.2, 0.25) is 0 Å². The van der Waals surface area contributed by atoms with Crippen molar-refractivity contribution in [3.63, 3.8) is 0 Å². The number of hydrogen-bond donors (Lipinski definition) is 1. The highest BCUT2D eigenvalue weighted by molar-refractivity contribution is 5.76. The van der Waals surface area contributed by atoms with Crippen LogP contribution < -0.4 is 0 Å². The van der Waals surface area contributed by atoms with E-state index >= 15 is 0 Å². The van der Waals surface area contributed by atoms with Gasteiger partial charge >= 0.3 is 5.97 Å². The van der Waals surface area contributed by atoms with E-state index in [2.05, 4.69) is 19.1 Å². The van der Waals surface area contributed by atoms with Gasteiger partial charge in [0, 0.05) is 6.42 Å². The molecular weight excluding hydrogens is 300 g/mol. The van der Waals surface area contributed by atoms with Crippen LogP contribution in [0, 0.1) is 0 Å². The maximum Gasteiger partial charge on any atom is 0.335 e. The number of rotatable bonds is 15. The summed E-state index contributed by atoms with van der Waals surface area (Å²) in [6.45, 7) is 2.26. The maximum atomic E-state index is 11.1. The van der Waals surface area contributed by atoms with Gasteiger partial charge in [-0.2, -0.15) is 0 Å². The third-order valence-electron chi connectivity index (χ3n) is 4.83. The fourth-order valence-electron chi connectivity index (χ4n) is 3.26. The number of hydrogen-bond acceptors (Lipinski definition) is 3. The third-order valence-corrected chi connectivity index (χ3v) is 4.83. The first-order valence-corrected chi connectivity index (χ1v) is 10.3. The average molecular weight is 339 g/mol. The zero-order valence-corrected chi connectivity index (χ0v) is 15.7. The first-order valence-electron chi connectivity index (χ1n) is 10.3. The molecule has 1 saturated heterocycles. The van der Waals surface area contributed by atoms with Crippen molar-refractivity contribution in [2.24, 2.45) is 0 Å². The van der Waals surface area contributed by atoms with Crippen LogP contribution in [0.1, 0.15) is 103 Å². The molecule has 1 aliphatic heterocycles. The SMILES string of the molecule is CCCCCCCC/C=C/CCCCCCC[C@@H]1C[C@@H](O)C(=O)O1. The number of carbonyl (C=O) groups excluding carboxylic acids is 1. The highest BCUT2D eigenvalue weighted by atomic mass is 16.6. The fraction of sp³-hybridized carbons (Fsp3) is 0.857. The Morgan fingerprint density at radius 1 is 0.917 bits per heavy atom. The minimum atomic E-state index is -0.877. The van der Waals surface area contributed by atoms with Crippen molar-refractivity contribution in [2.45, 2.75) is 115 Å². The van der Waals surface area contributed by atoms with Crippen LogP contribution in [0.5, 0.6) is 0 Å². The van der Waals surface area contributed by atoms with Crippen LogP contribution in [-0.2, 0) is 9.53 Å². The topological polar surface area (TPSA) is 46.5 Å². The first kappa shape index (κ1) is 21.2. The monoisotopic (exact) mass is 338 g/mol. The zero-order valence-electron chi connectivity index (χ0n) is 15.7. The zero-order chi connectivity index (χ0) is 17.5. The Morgan fingerprint density at radius 3 is 2.00 bits per heavy atom. The summed E-state index contributed by atoms with van der Waals surface area (Å²) >= 11 is 0. The Hall–Kier alpha value is -0.830. The Bertz CT molecular complexity index is 338. The molecule has 1 fully saturated rings. The summed E-state index contributed by atoms with van der Waals surface area (Å²) < 4.78 is 5.09. The van der Waals surface area contributed by atoms with Gasteiger partial charge in [-0.1, -0.05) is 70.4 Å². The van der Waals surface area contributed by atoms with Crippen LogP contribution in [-0.4, -0.2) is 23.3 Å². The van der Waals surface area contributed by atoms with E-state index in [0.717, 1.165) is 12.8 Å². The molecule has 0 aromatic carbocycles. The normalized spacial score (nSPS) is 20.8. The molecule has 1 N–H and O–H groups in total. The summed E-state index contributed by atoms with van der Waals surface area (Å²) in [5, 5.41) is 9.31. The van der Waals surface area contributed by atoms with E-state index in [0.29, 0.717) is 6.42 Å². The third kappa shape index (κ3) is 10.9. The Balaban J connectivity index is 1.77. The lowest BCUT2D eigenvalue weighted by Crippen LogP contribution is -2.11. The second-order valence-corrected chi connectivity index (χ2v) is 7.18. The molecule has 1 heterocycles. The number of ether oxygens (including phenoxy) is 1. The van der Waals surface area contributed by atoms with Gasteiger partial charge in [-0.25, -0.2) is 4.79 Å². The summed E-state index contributed by atoms with van der Waals surface area (Å²) in [5.74, 6) is -0.437. The van der Waals surface area contributed by atoms with Crippen molar-refractivity contribution < 1.29 is 14.6 Å². The number of esters is 1. The molecule has 140 valence electrons.